The Morgan fingerprint density at radius 1 is 1.33 bits per heavy atom. The van der Waals surface area contributed by atoms with Crippen LogP contribution in [0, 0.1) is 19.8 Å². The van der Waals surface area contributed by atoms with Gasteiger partial charge in [-0.2, -0.15) is 5.10 Å². The Morgan fingerprint density at radius 3 is 2.67 bits per heavy atom. The molecule has 1 N–H and O–H groups in total. The molecule has 2 aromatic rings. The van der Waals surface area contributed by atoms with Crippen molar-refractivity contribution in [3.8, 4) is 5.88 Å². The van der Waals surface area contributed by atoms with Gasteiger partial charge in [0.05, 0.1) is 29.7 Å². The number of nitrogens with one attached hydrogen (secondary N) is 1. The average molecular weight is 371 g/mol. The molecule has 1 fully saturated rings. The summed E-state index contributed by atoms with van der Waals surface area (Å²) in [6.07, 6.45) is 3.79. The predicted octanol–water partition coefficient (Wildman–Crippen LogP) is 2.55. The standard InChI is InChI=1S/C20H29N5O2/c1-14-19(15(2)24(4)23-14)22-20(26)16(3)25-11-8-17(9-12-25)13-27-18-7-5-6-10-21-18/h5-7,10,16-17H,8-9,11-13H2,1-4H3,(H,22,26). The van der Waals surface area contributed by atoms with Crippen molar-refractivity contribution in [1.29, 1.82) is 0 Å². The molecule has 3 rings (SSSR count). The molecule has 0 spiro atoms. The van der Waals surface area contributed by atoms with Crippen LogP contribution in [-0.4, -0.2) is 51.3 Å². The molecule has 1 unspecified atom stereocenters. The number of nitrogens with zero attached hydrogens (tertiary/aromatic N) is 4. The first-order valence-corrected chi connectivity index (χ1v) is 9.54. The molecule has 0 bridgehead atoms. The quantitative estimate of drug-likeness (QED) is 0.845. The number of amides is 1. The topological polar surface area (TPSA) is 72.3 Å². The lowest BCUT2D eigenvalue weighted by atomic mass is 9.96. The average Bonchev–Trinajstić information content (AvgIpc) is 2.93. The fourth-order valence-electron chi connectivity index (χ4n) is 3.49. The SMILES string of the molecule is Cc1nn(C)c(C)c1NC(=O)C(C)N1CCC(COc2ccccn2)CC1. The van der Waals surface area contributed by atoms with E-state index in [1.54, 1.807) is 10.9 Å². The van der Waals surface area contributed by atoms with E-state index in [1.165, 1.54) is 0 Å². The normalized spacial score (nSPS) is 16.9. The van der Waals surface area contributed by atoms with Crippen molar-refractivity contribution in [2.24, 2.45) is 13.0 Å². The monoisotopic (exact) mass is 371 g/mol. The van der Waals surface area contributed by atoms with Crippen LogP contribution in [0.15, 0.2) is 24.4 Å². The van der Waals surface area contributed by atoms with Crippen LogP contribution in [0.4, 0.5) is 5.69 Å². The fraction of sp³-hybridized carbons (Fsp3) is 0.550. The van der Waals surface area contributed by atoms with Gasteiger partial charge in [0, 0.05) is 19.3 Å². The summed E-state index contributed by atoms with van der Waals surface area (Å²) in [7, 11) is 1.89. The van der Waals surface area contributed by atoms with Crippen LogP contribution < -0.4 is 10.1 Å². The molecular formula is C20H29N5O2. The van der Waals surface area contributed by atoms with E-state index in [0.717, 1.165) is 43.0 Å². The highest BCUT2D eigenvalue weighted by molar-refractivity contribution is 5.95. The molecule has 0 saturated carbocycles. The van der Waals surface area contributed by atoms with Gasteiger partial charge >= 0.3 is 0 Å². The van der Waals surface area contributed by atoms with Crippen molar-refractivity contribution < 1.29 is 9.53 Å². The Morgan fingerprint density at radius 2 is 2.07 bits per heavy atom. The number of carbonyl (C=O) groups is 1. The van der Waals surface area contributed by atoms with Crippen LogP contribution in [0.5, 0.6) is 5.88 Å². The second-order valence-corrected chi connectivity index (χ2v) is 7.29. The lowest BCUT2D eigenvalue weighted by molar-refractivity contribution is -0.121. The summed E-state index contributed by atoms with van der Waals surface area (Å²) in [5, 5.41) is 7.42. The summed E-state index contributed by atoms with van der Waals surface area (Å²) in [4.78, 5) is 19.1. The summed E-state index contributed by atoms with van der Waals surface area (Å²) in [5.74, 6) is 1.20. The first-order chi connectivity index (χ1) is 13.0. The second-order valence-electron chi connectivity index (χ2n) is 7.29. The molecule has 1 aliphatic rings. The number of carbonyl (C=O) groups excluding carboxylic acids is 1. The molecule has 7 nitrogen and oxygen atoms in total. The van der Waals surface area contributed by atoms with Crippen LogP contribution in [-0.2, 0) is 11.8 Å². The van der Waals surface area contributed by atoms with E-state index in [1.807, 2.05) is 46.0 Å². The molecule has 1 atom stereocenters. The number of aryl methyl sites for hydroxylation is 2. The third-order valence-corrected chi connectivity index (χ3v) is 5.44. The van der Waals surface area contributed by atoms with Crippen molar-refractivity contribution in [2.45, 2.75) is 39.7 Å². The highest BCUT2D eigenvalue weighted by atomic mass is 16.5. The van der Waals surface area contributed by atoms with Crippen molar-refractivity contribution in [3.05, 3.63) is 35.8 Å². The molecule has 0 aromatic carbocycles. The molecule has 0 aliphatic carbocycles. The van der Waals surface area contributed by atoms with E-state index in [-0.39, 0.29) is 11.9 Å². The molecule has 7 heteroatoms. The van der Waals surface area contributed by atoms with Crippen LogP contribution in [0.3, 0.4) is 0 Å². The lowest BCUT2D eigenvalue weighted by Gasteiger charge is -2.35. The van der Waals surface area contributed by atoms with Gasteiger partial charge in [0.15, 0.2) is 0 Å². The van der Waals surface area contributed by atoms with Gasteiger partial charge in [-0.3, -0.25) is 14.4 Å². The number of hydrogen-bond acceptors (Lipinski definition) is 5. The summed E-state index contributed by atoms with van der Waals surface area (Å²) in [6, 6.07) is 5.52. The largest absolute Gasteiger partial charge is 0.477 e. The van der Waals surface area contributed by atoms with E-state index < -0.39 is 0 Å². The molecule has 2 aromatic heterocycles. The maximum atomic E-state index is 12.7. The minimum absolute atomic E-state index is 0.0254. The molecular weight excluding hydrogens is 342 g/mol. The van der Waals surface area contributed by atoms with Crippen molar-refractivity contribution in [1.82, 2.24) is 19.7 Å². The molecule has 1 amide bonds. The minimum atomic E-state index is -0.165. The molecule has 1 aliphatic heterocycles. The number of ether oxygens (including phenoxy) is 1. The van der Waals surface area contributed by atoms with E-state index in [4.69, 9.17) is 4.74 Å². The third kappa shape index (κ3) is 4.66. The van der Waals surface area contributed by atoms with Crippen molar-refractivity contribution in [2.75, 3.05) is 25.0 Å². The van der Waals surface area contributed by atoms with Crippen LogP contribution in [0.2, 0.25) is 0 Å². The second kappa shape index (κ2) is 8.52. The Hall–Kier alpha value is -2.41. The van der Waals surface area contributed by atoms with Crippen LogP contribution in [0.25, 0.3) is 0 Å². The zero-order valence-corrected chi connectivity index (χ0v) is 16.6. The number of anilines is 1. The van der Waals surface area contributed by atoms with Gasteiger partial charge in [0.25, 0.3) is 0 Å². The minimum Gasteiger partial charge on any atom is -0.477 e. The molecule has 0 radical (unpaired) electrons. The van der Waals surface area contributed by atoms with Gasteiger partial charge in [-0.25, -0.2) is 4.98 Å². The highest BCUT2D eigenvalue weighted by Crippen LogP contribution is 2.22. The summed E-state index contributed by atoms with van der Waals surface area (Å²) in [6.45, 7) is 8.33. The van der Waals surface area contributed by atoms with Crippen LogP contribution in [0.1, 0.15) is 31.2 Å². The summed E-state index contributed by atoms with van der Waals surface area (Å²) < 4.78 is 7.57. The summed E-state index contributed by atoms with van der Waals surface area (Å²) >= 11 is 0. The maximum Gasteiger partial charge on any atom is 0.241 e. The molecule has 146 valence electrons. The number of piperidine rings is 1. The Balaban J connectivity index is 1.47. The van der Waals surface area contributed by atoms with Gasteiger partial charge in [-0.1, -0.05) is 6.07 Å². The highest BCUT2D eigenvalue weighted by Gasteiger charge is 2.27. The zero-order valence-electron chi connectivity index (χ0n) is 16.6. The van der Waals surface area contributed by atoms with E-state index in [2.05, 4.69) is 20.3 Å². The first-order valence-electron chi connectivity index (χ1n) is 9.54. The van der Waals surface area contributed by atoms with Gasteiger partial charge in [0.1, 0.15) is 0 Å². The van der Waals surface area contributed by atoms with Crippen LogP contribution >= 0.6 is 0 Å². The number of hydrogen-bond donors (Lipinski definition) is 1. The van der Waals surface area contributed by atoms with Gasteiger partial charge < -0.3 is 10.1 Å². The van der Waals surface area contributed by atoms with Crippen molar-refractivity contribution in [3.63, 3.8) is 0 Å². The lowest BCUT2D eigenvalue weighted by Crippen LogP contribution is -2.46. The number of likely N-dealkylation sites (tertiary alicyclic amines) is 1. The molecule has 3 heterocycles. The van der Waals surface area contributed by atoms with E-state index in [9.17, 15) is 4.79 Å². The number of rotatable bonds is 6. The van der Waals surface area contributed by atoms with E-state index in [0.29, 0.717) is 18.4 Å². The predicted molar refractivity (Wildman–Crippen MR) is 105 cm³/mol. The maximum absolute atomic E-state index is 12.7. The third-order valence-electron chi connectivity index (χ3n) is 5.44. The molecule has 1 saturated heterocycles. The van der Waals surface area contributed by atoms with Gasteiger partial charge in [-0.05, 0) is 58.7 Å². The Bertz CT molecular complexity index is 766. The van der Waals surface area contributed by atoms with Gasteiger partial charge in [0.2, 0.25) is 11.8 Å². The Labute approximate surface area is 160 Å². The van der Waals surface area contributed by atoms with Crippen molar-refractivity contribution >= 4 is 11.6 Å². The Kier molecular flexibility index (Phi) is 6.11. The molecule has 27 heavy (non-hydrogen) atoms. The number of pyridine rings is 1. The zero-order chi connectivity index (χ0) is 19.4. The van der Waals surface area contributed by atoms with E-state index >= 15 is 0 Å². The fourth-order valence-corrected chi connectivity index (χ4v) is 3.49. The summed E-state index contributed by atoms with van der Waals surface area (Å²) in [5.41, 5.74) is 2.65. The first kappa shape index (κ1) is 19.4. The number of aromatic nitrogens is 3. The smallest absolute Gasteiger partial charge is 0.241 e. The van der Waals surface area contributed by atoms with Gasteiger partial charge in [-0.15, -0.1) is 0 Å².